The summed E-state index contributed by atoms with van der Waals surface area (Å²) in [5, 5.41) is 39.6. The third kappa shape index (κ3) is 5.79. The van der Waals surface area contributed by atoms with Gasteiger partial charge in [0, 0.05) is 18.5 Å². The van der Waals surface area contributed by atoms with Gasteiger partial charge in [0.1, 0.15) is 28.1 Å². The number of carboxylic acids is 1. The van der Waals surface area contributed by atoms with Crippen LogP contribution in [0.4, 0.5) is 5.69 Å². The van der Waals surface area contributed by atoms with Crippen molar-refractivity contribution in [1.29, 1.82) is 0 Å². The maximum atomic E-state index is 13.3. The maximum Gasteiger partial charge on any atom is 0.335 e. The van der Waals surface area contributed by atoms with Crippen LogP contribution in [0, 0.1) is 0 Å². The monoisotopic (exact) mass is 566 g/mol. The number of anilines is 1. The molecule has 212 valence electrons. The van der Waals surface area contributed by atoms with Gasteiger partial charge in [-0.1, -0.05) is 18.2 Å². The fourth-order valence-electron chi connectivity index (χ4n) is 4.69. The van der Waals surface area contributed by atoms with Gasteiger partial charge in [0.2, 0.25) is 6.29 Å². The number of aliphatic carboxylic acids is 1. The smallest absolute Gasteiger partial charge is 0.335 e. The Kier molecular flexibility index (Phi) is 8.04. The van der Waals surface area contributed by atoms with Crippen molar-refractivity contribution in [3.05, 3.63) is 53.1 Å². The van der Waals surface area contributed by atoms with Gasteiger partial charge in [-0.05, 0) is 36.2 Å². The van der Waals surface area contributed by atoms with Crippen LogP contribution in [0.5, 0.6) is 11.5 Å². The van der Waals surface area contributed by atoms with E-state index in [9.17, 15) is 38.4 Å². The lowest BCUT2D eigenvalue weighted by atomic mass is 9.99. The van der Waals surface area contributed by atoms with E-state index in [2.05, 4.69) is 0 Å². The lowest BCUT2D eigenvalue weighted by Gasteiger charge is -2.38. The Morgan fingerprint density at radius 2 is 1.87 bits per heavy atom. The molecule has 1 fully saturated rings. The molecule has 2 aliphatic rings. The van der Waals surface area contributed by atoms with Gasteiger partial charge in [0.15, 0.2) is 17.6 Å². The Labute approximate surface area is 224 Å². The highest BCUT2D eigenvalue weighted by molar-refractivity contribution is 7.90. The molecule has 2 aliphatic heterocycles. The molecule has 0 radical (unpaired) electrons. The van der Waals surface area contributed by atoms with E-state index in [1.165, 1.54) is 23.1 Å². The zero-order valence-electron chi connectivity index (χ0n) is 21.1. The van der Waals surface area contributed by atoms with Crippen LogP contribution in [-0.4, -0.2) is 94.9 Å². The highest BCUT2D eigenvalue weighted by atomic mass is 32.2. The van der Waals surface area contributed by atoms with Gasteiger partial charge in [-0.15, -0.1) is 0 Å². The van der Waals surface area contributed by atoms with E-state index >= 15 is 0 Å². The summed E-state index contributed by atoms with van der Waals surface area (Å²) in [6.45, 7) is 1.97. The summed E-state index contributed by atoms with van der Waals surface area (Å²) in [5.41, 5.74) is 7.69. The molecule has 13 nitrogen and oxygen atoms in total. The first-order valence-electron chi connectivity index (χ1n) is 12.0. The molecule has 4 rings (SSSR count). The topological polar surface area (TPSA) is 206 Å². The van der Waals surface area contributed by atoms with Crippen molar-refractivity contribution in [2.45, 2.75) is 50.2 Å². The van der Waals surface area contributed by atoms with Crippen LogP contribution in [0.2, 0.25) is 0 Å². The second kappa shape index (κ2) is 11.0. The van der Waals surface area contributed by atoms with Crippen LogP contribution in [0.3, 0.4) is 0 Å². The Morgan fingerprint density at radius 1 is 1.15 bits per heavy atom. The van der Waals surface area contributed by atoms with Crippen LogP contribution in [0.25, 0.3) is 0 Å². The number of ether oxygens (including phenoxy) is 3. The fourth-order valence-corrected chi connectivity index (χ4v) is 5.63. The van der Waals surface area contributed by atoms with Gasteiger partial charge < -0.3 is 45.3 Å². The van der Waals surface area contributed by atoms with Crippen molar-refractivity contribution < 1.29 is 52.6 Å². The number of rotatable bonds is 9. The molecule has 0 bridgehead atoms. The molecule has 0 aromatic heterocycles. The van der Waals surface area contributed by atoms with Crippen molar-refractivity contribution >= 4 is 27.4 Å². The minimum atomic E-state index is -3.58. The quantitative estimate of drug-likeness (QED) is 0.248. The summed E-state index contributed by atoms with van der Waals surface area (Å²) in [7, 11) is -3.58. The molecule has 6 N–H and O–H groups in total. The molecule has 1 amide bonds. The molecule has 39 heavy (non-hydrogen) atoms. The molecule has 2 heterocycles. The number of sulfone groups is 1. The number of nitrogens with two attached hydrogens (primary N) is 1. The van der Waals surface area contributed by atoms with Gasteiger partial charge in [-0.25, -0.2) is 13.2 Å². The molecule has 0 aliphatic carbocycles. The summed E-state index contributed by atoms with van der Waals surface area (Å²) in [6.07, 6.45) is -8.04. The summed E-state index contributed by atoms with van der Waals surface area (Å²) in [4.78, 5) is 26.1. The highest BCUT2D eigenvalue weighted by Gasteiger charge is 2.48. The number of amides is 1. The zero-order chi connectivity index (χ0) is 28.6. The van der Waals surface area contributed by atoms with Crippen molar-refractivity contribution in [2.75, 3.05) is 24.3 Å². The summed E-state index contributed by atoms with van der Waals surface area (Å²) >= 11 is 0. The molecule has 14 heteroatoms. The average molecular weight is 567 g/mol. The SMILES string of the molecule is CCOc1cc(C(CS(C)(=O)=O)N2Cc3cccc(N)c3C2=O)ccc1O[C@@H]1O[C@H](C(=O)O)[C@@H](O)[C@H](O)[C@H]1O. The number of fused-ring (bicyclic) bond motifs is 1. The number of nitrogen functional groups attached to an aromatic ring is 1. The van der Waals surface area contributed by atoms with Crippen molar-refractivity contribution in [3.8, 4) is 11.5 Å². The molecule has 0 saturated carbocycles. The first-order valence-corrected chi connectivity index (χ1v) is 14.1. The van der Waals surface area contributed by atoms with Gasteiger partial charge in [0.05, 0.1) is 24.0 Å². The van der Waals surface area contributed by atoms with Gasteiger partial charge in [-0.3, -0.25) is 4.79 Å². The van der Waals surface area contributed by atoms with Gasteiger partial charge in [0.25, 0.3) is 5.91 Å². The number of nitrogens with zero attached hydrogens (tertiary/aromatic N) is 1. The molecule has 2 aromatic carbocycles. The summed E-state index contributed by atoms with van der Waals surface area (Å²) < 4.78 is 41.3. The van der Waals surface area contributed by atoms with E-state index in [0.29, 0.717) is 16.7 Å². The lowest BCUT2D eigenvalue weighted by Crippen LogP contribution is -2.61. The lowest BCUT2D eigenvalue weighted by molar-refractivity contribution is -0.271. The van der Waals surface area contributed by atoms with Crippen molar-refractivity contribution in [3.63, 3.8) is 0 Å². The molecular weight excluding hydrogens is 536 g/mol. The fraction of sp³-hybridized carbons (Fsp3) is 0.440. The van der Waals surface area contributed by atoms with E-state index in [-0.39, 0.29) is 30.3 Å². The van der Waals surface area contributed by atoms with E-state index < -0.39 is 64.2 Å². The van der Waals surface area contributed by atoms with E-state index in [1.54, 1.807) is 25.1 Å². The molecule has 1 unspecified atom stereocenters. The minimum absolute atomic E-state index is 0.0178. The minimum Gasteiger partial charge on any atom is -0.490 e. The number of aliphatic hydroxyl groups is 3. The summed E-state index contributed by atoms with van der Waals surface area (Å²) in [5.74, 6) is -2.31. The molecule has 1 saturated heterocycles. The molecular formula is C25H30N2O11S. The Hall–Kier alpha value is -3.43. The maximum absolute atomic E-state index is 13.3. The van der Waals surface area contributed by atoms with Crippen molar-refractivity contribution in [1.82, 2.24) is 4.90 Å². The molecule has 2 aromatic rings. The number of carbonyl (C=O) groups excluding carboxylic acids is 1. The number of hydrogen-bond donors (Lipinski definition) is 5. The number of benzene rings is 2. The van der Waals surface area contributed by atoms with E-state index in [0.717, 1.165) is 6.26 Å². The third-order valence-electron chi connectivity index (χ3n) is 6.54. The standard InChI is InChI=1S/C25H30N2O11S/c1-3-36-17-9-12(7-8-16(17)37-25-21(30)19(28)20(29)22(38-25)24(32)33)15(11-39(2,34)35)27-10-13-5-4-6-14(26)18(13)23(27)31/h4-9,15,19-22,25,28-30H,3,10-11,26H2,1-2H3,(H,32,33)/t15?,19-,20-,21+,22-,25+/m0/s1. The number of aliphatic hydroxyl groups excluding tert-OH is 3. The predicted octanol–water partition coefficient (Wildman–Crippen LogP) is -0.320. The molecule has 6 atom stereocenters. The van der Waals surface area contributed by atoms with Crippen LogP contribution in [0.1, 0.15) is 34.5 Å². The van der Waals surface area contributed by atoms with Crippen LogP contribution < -0.4 is 15.2 Å². The largest absolute Gasteiger partial charge is 0.490 e. The Bertz CT molecular complexity index is 1370. The van der Waals surface area contributed by atoms with Crippen LogP contribution >= 0.6 is 0 Å². The first-order chi connectivity index (χ1) is 18.3. The van der Waals surface area contributed by atoms with Crippen molar-refractivity contribution in [2.24, 2.45) is 0 Å². The Balaban J connectivity index is 1.68. The second-order valence-electron chi connectivity index (χ2n) is 9.41. The highest BCUT2D eigenvalue weighted by Crippen LogP contribution is 2.39. The zero-order valence-corrected chi connectivity index (χ0v) is 21.9. The van der Waals surface area contributed by atoms with Crippen LogP contribution in [0.15, 0.2) is 36.4 Å². The second-order valence-corrected chi connectivity index (χ2v) is 11.6. The normalized spacial score (nSPS) is 25.7. The number of hydrogen-bond acceptors (Lipinski definition) is 11. The van der Waals surface area contributed by atoms with E-state index in [4.69, 9.17) is 19.9 Å². The number of carbonyl (C=O) groups is 2. The first kappa shape index (κ1) is 28.6. The molecule has 0 spiro atoms. The Morgan fingerprint density at radius 3 is 2.49 bits per heavy atom. The van der Waals surface area contributed by atoms with Gasteiger partial charge >= 0.3 is 5.97 Å². The number of carboxylic acid groups (broad SMARTS) is 1. The predicted molar refractivity (Wildman–Crippen MR) is 136 cm³/mol. The van der Waals surface area contributed by atoms with Crippen LogP contribution in [-0.2, 0) is 25.9 Å². The van der Waals surface area contributed by atoms with Gasteiger partial charge in [-0.2, -0.15) is 0 Å². The summed E-state index contributed by atoms with van der Waals surface area (Å²) in [6, 6.07) is 8.50. The van der Waals surface area contributed by atoms with E-state index in [1.807, 2.05) is 0 Å². The third-order valence-corrected chi connectivity index (χ3v) is 7.46. The average Bonchev–Trinajstić information content (AvgIpc) is 3.20.